The number of aryl methyl sites for hydroxylation is 1. The molecule has 1 aromatic carbocycles. The third-order valence-electron chi connectivity index (χ3n) is 6.16. The van der Waals surface area contributed by atoms with Crippen molar-refractivity contribution in [2.24, 2.45) is 5.92 Å². The number of aromatic nitrogens is 1. The van der Waals surface area contributed by atoms with E-state index >= 15 is 0 Å². The van der Waals surface area contributed by atoms with Crippen LogP contribution in [0.25, 0.3) is 0 Å². The standard InChI is InChI=1S/C23H29N3O2S/c1-16-5-7-19(8-6-16)23(28)26-13-10-18(11-14-26)22-25-20(15-29-22)9-12-24-21(27)17-3-2-4-17/h5-8,15,17-18H,2-4,9-14H2,1H3,(H,24,27). The van der Waals surface area contributed by atoms with Crippen LogP contribution in [0.4, 0.5) is 0 Å². The van der Waals surface area contributed by atoms with E-state index in [2.05, 4.69) is 10.7 Å². The number of piperidine rings is 1. The highest BCUT2D eigenvalue weighted by molar-refractivity contribution is 7.09. The number of hydrogen-bond donors (Lipinski definition) is 1. The van der Waals surface area contributed by atoms with Crippen molar-refractivity contribution < 1.29 is 9.59 Å². The van der Waals surface area contributed by atoms with Gasteiger partial charge in [-0.25, -0.2) is 4.98 Å². The van der Waals surface area contributed by atoms with Crippen LogP contribution in [0.1, 0.15) is 64.6 Å². The zero-order valence-electron chi connectivity index (χ0n) is 17.0. The predicted molar refractivity (Wildman–Crippen MR) is 115 cm³/mol. The fourth-order valence-corrected chi connectivity index (χ4v) is 4.99. The number of carbonyl (C=O) groups excluding carboxylic acids is 2. The Bertz CT molecular complexity index is 849. The van der Waals surface area contributed by atoms with Gasteiger partial charge in [-0.2, -0.15) is 0 Å². The Kier molecular flexibility index (Phi) is 6.28. The summed E-state index contributed by atoms with van der Waals surface area (Å²) in [5, 5.41) is 6.33. The van der Waals surface area contributed by atoms with Crippen molar-refractivity contribution in [2.45, 2.75) is 51.4 Å². The van der Waals surface area contributed by atoms with Crippen LogP contribution in [-0.4, -0.2) is 41.3 Å². The van der Waals surface area contributed by atoms with Gasteiger partial charge in [-0.05, 0) is 44.7 Å². The number of hydrogen-bond acceptors (Lipinski definition) is 4. The second kappa shape index (κ2) is 9.08. The Hall–Kier alpha value is -2.21. The van der Waals surface area contributed by atoms with Crippen LogP contribution in [-0.2, 0) is 11.2 Å². The number of thiazole rings is 1. The highest BCUT2D eigenvalue weighted by atomic mass is 32.1. The summed E-state index contributed by atoms with van der Waals surface area (Å²) in [6, 6.07) is 7.82. The minimum absolute atomic E-state index is 0.130. The maximum atomic E-state index is 12.7. The molecule has 1 aromatic heterocycles. The van der Waals surface area contributed by atoms with E-state index < -0.39 is 0 Å². The molecule has 1 N–H and O–H groups in total. The Morgan fingerprint density at radius 1 is 1.14 bits per heavy atom. The lowest BCUT2D eigenvalue weighted by molar-refractivity contribution is -0.127. The van der Waals surface area contributed by atoms with E-state index in [0.717, 1.165) is 56.5 Å². The van der Waals surface area contributed by atoms with Crippen LogP contribution in [0, 0.1) is 12.8 Å². The molecule has 0 atom stereocenters. The van der Waals surface area contributed by atoms with E-state index in [1.54, 1.807) is 11.3 Å². The number of nitrogens with one attached hydrogen (secondary N) is 1. The molecule has 2 heterocycles. The molecule has 0 spiro atoms. The molecular weight excluding hydrogens is 382 g/mol. The first-order valence-corrected chi connectivity index (χ1v) is 11.6. The SMILES string of the molecule is Cc1ccc(C(=O)N2CCC(c3nc(CCNC(=O)C4CCC4)cs3)CC2)cc1. The average Bonchev–Trinajstić information content (AvgIpc) is 3.16. The molecule has 2 amide bonds. The molecule has 1 saturated carbocycles. The van der Waals surface area contributed by atoms with Crippen molar-refractivity contribution in [1.29, 1.82) is 0 Å². The average molecular weight is 412 g/mol. The molecular formula is C23H29N3O2S. The molecule has 4 rings (SSSR count). The highest BCUT2D eigenvalue weighted by Gasteiger charge is 2.27. The number of benzene rings is 1. The van der Waals surface area contributed by atoms with Gasteiger partial charge in [0.1, 0.15) is 0 Å². The lowest BCUT2D eigenvalue weighted by atomic mass is 9.85. The number of amides is 2. The Morgan fingerprint density at radius 3 is 2.52 bits per heavy atom. The second-order valence-corrected chi connectivity index (χ2v) is 9.17. The number of likely N-dealkylation sites (tertiary alicyclic amines) is 1. The first-order valence-electron chi connectivity index (χ1n) is 10.7. The molecule has 2 aliphatic rings. The van der Waals surface area contributed by atoms with Crippen molar-refractivity contribution in [3.8, 4) is 0 Å². The van der Waals surface area contributed by atoms with Crippen LogP contribution < -0.4 is 5.32 Å². The van der Waals surface area contributed by atoms with Gasteiger partial charge >= 0.3 is 0 Å². The molecule has 29 heavy (non-hydrogen) atoms. The third-order valence-corrected chi connectivity index (χ3v) is 7.21. The highest BCUT2D eigenvalue weighted by Crippen LogP contribution is 2.31. The van der Waals surface area contributed by atoms with Crippen LogP contribution >= 0.6 is 11.3 Å². The van der Waals surface area contributed by atoms with Crippen molar-refractivity contribution in [3.63, 3.8) is 0 Å². The van der Waals surface area contributed by atoms with Crippen LogP contribution in [0.15, 0.2) is 29.6 Å². The lowest BCUT2D eigenvalue weighted by Crippen LogP contribution is -2.37. The van der Waals surface area contributed by atoms with Gasteiger partial charge in [0, 0.05) is 48.8 Å². The van der Waals surface area contributed by atoms with E-state index in [9.17, 15) is 9.59 Å². The smallest absolute Gasteiger partial charge is 0.253 e. The maximum Gasteiger partial charge on any atom is 0.253 e. The Morgan fingerprint density at radius 2 is 1.86 bits per heavy atom. The Labute approximate surface area is 176 Å². The zero-order valence-corrected chi connectivity index (χ0v) is 17.8. The van der Waals surface area contributed by atoms with E-state index in [1.165, 1.54) is 17.0 Å². The van der Waals surface area contributed by atoms with E-state index in [0.29, 0.717) is 12.5 Å². The summed E-state index contributed by atoms with van der Waals surface area (Å²) in [4.78, 5) is 31.4. The summed E-state index contributed by atoms with van der Waals surface area (Å²) >= 11 is 1.72. The van der Waals surface area contributed by atoms with Gasteiger partial charge in [0.2, 0.25) is 5.91 Å². The molecule has 0 radical (unpaired) electrons. The summed E-state index contributed by atoms with van der Waals surface area (Å²) < 4.78 is 0. The van der Waals surface area contributed by atoms with Gasteiger partial charge in [-0.3, -0.25) is 9.59 Å². The van der Waals surface area contributed by atoms with Gasteiger partial charge < -0.3 is 10.2 Å². The van der Waals surface area contributed by atoms with Crippen molar-refractivity contribution >= 4 is 23.2 Å². The molecule has 5 nitrogen and oxygen atoms in total. The summed E-state index contributed by atoms with van der Waals surface area (Å²) in [5.74, 6) is 1.01. The molecule has 2 aromatic rings. The van der Waals surface area contributed by atoms with E-state index in [1.807, 2.05) is 36.1 Å². The van der Waals surface area contributed by atoms with Gasteiger partial charge in [-0.1, -0.05) is 24.1 Å². The fourth-order valence-electron chi connectivity index (χ4n) is 3.96. The summed E-state index contributed by atoms with van der Waals surface area (Å²) in [5.41, 5.74) is 3.01. The molecule has 6 heteroatoms. The first kappa shape index (κ1) is 20.1. The van der Waals surface area contributed by atoms with Crippen molar-refractivity contribution in [1.82, 2.24) is 15.2 Å². The van der Waals surface area contributed by atoms with E-state index in [4.69, 9.17) is 4.98 Å². The molecule has 1 aliphatic carbocycles. The minimum atomic E-state index is 0.130. The molecule has 0 unspecified atom stereocenters. The predicted octanol–water partition coefficient (Wildman–Crippen LogP) is 3.93. The van der Waals surface area contributed by atoms with Gasteiger partial charge in [0.05, 0.1) is 10.7 Å². The molecule has 0 bridgehead atoms. The zero-order chi connectivity index (χ0) is 20.2. The number of rotatable bonds is 6. The summed E-state index contributed by atoms with van der Waals surface area (Å²) in [6.07, 6.45) is 5.98. The lowest BCUT2D eigenvalue weighted by Gasteiger charge is -2.31. The molecule has 154 valence electrons. The van der Waals surface area contributed by atoms with Crippen LogP contribution in [0.5, 0.6) is 0 Å². The first-order chi connectivity index (χ1) is 14.1. The van der Waals surface area contributed by atoms with E-state index in [-0.39, 0.29) is 17.7 Å². The van der Waals surface area contributed by atoms with Crippen molar-refractivity contribution in [3.05, 3.63) is 51.5 Å². The molecule has 1 aliphatic heterocycles. The number of carbonyl (C=O) groups is 2. The number of nitrogens with zero attached hydrogens (tertiary/aromatic N) is 2. The quantitative estimate of drug-likeness (QED) is 0.783. The summed E-state index contributed by atoms with van der Waals surface area (Å²) in [6.45, 7) is 4.26. The maximum absolute atomic E-state index is 12.7. The van der Waals surface area contributed by atoms with Gasteiger partial charge in [0.25, 0.3) is 5.91 Å². The summed E-state index contributed by atoms with van der Waals surface area (Å²) in [7, 11) is 0. The van der Waals surface area contributed by atoms with Crippen LogP contribution in [0.2, 0.25) is 0 Å². The van der Waals surface area contributed by atoms with Crippen molar-refractivity contribution in [2.75, 3.05) is 19.6 Å². The monoisotopic (exact) mass is 411 g/mol. The fraction of sp³-hybridized carbons (Fsp3) is 0.522. The minimum Gasteiger partial charge on any atom is -0.355 e. The molecule has 1 saturated heterocycles. The van der Waals surface area contributed by atoms with Crippen LogP contribution in [0.3, 0.4) is 0 Å². The topological polar surface area (TPSA) is 62.3 Å². The van der Waals surface area contributed by atoms with Gasteiger partial charge in [-0.15, -0.1) is 11.3 Å². The van der Waals surface area contributed by atoms with Gasteiger partial charge in [0.15, 0.2) is 0 Å². The second-order valence-electron chi connectivity index (χ2n) is 8.28. The normalized spacial score (nSPS) is 17.8. The Balaban J connectivity index is 1.24. The third kappa shape index (κ3) is 4.86. The molecule has 2 fully saturated rings. The largest absolute Gasteiger partial charge is 0.355 e.